The van der Waals surface area contributed by atoms with E-state index in [0.29, 0.717) is 33.2 Å². The Morgan fingerprint density at radius 2 is 1.60 bits per heavy atom. The van der Waals surface area contributed by atoms with Crippen molar-refractivity contribution in [1.29, 1.82) is 5.26 Å². The van der Waals surface area contributed by atoms with Gasteiger partial charge in [-0.15, -0.1) is 0 Å². The van der Waals surface area contributed by atoms with Crippen LogP contribution in [0.25, 0.3) is 22.3 Å². The maximum Gasteiger partial charge on any atom is 0.311 e. The third kappa shape index (κ3) is 8.36. The van der Waals surface area contributed by atoms with Crippen molar-refractivity contribution < 1.29 is 24.5 Å². The molecule has 5 aromatic rings. The minimum Gasteiger partial charge on any atom is -0.488 e. The first-order chi connectivity index (χ1) is 25.6. The first kappa shape index (κ1) is 37.1. The molecule has 1 atom stereocenters. The third-order valence-corrected chi connectivity index (χ3v) is 10.1. The van der Waals surface area contributed by atoms with Gasteiger partial charge in [0.1, 0.15) is 36.6 Å². The standard InChI is InChI=1S/C43H41ClN4O5/c1-27-34(6-4-8-36(27)37-9-5-7-35(28(37)2)31-10-12-32(13-11-31)41-47-16-17-48-41)25-53-40-20-39(52-24-30-18-29(21-45)22-46-23-30)33(19-38(40)44)14-15-43(3,26-49)42(50)51/h4-13,18-20,22-23,49H,14-17,24-26H2,1-3H3,(H,47,48)(H,50,51)/t43-/m0/s1. The second kappa shape index (κ2) is 16.3. The quantitative estimate of drug-likeness (QED) is 0.104. The normalized spacial score (nSPS) is 13.4. The number of aromatic nitrogens is 1. The van der Waals surface area contributed by atoms with Crippen LogP contribution < -0.4 is 14.8 Å². The lowest BCUT2D eigenvalue weighted by Crippen LogP contribution is -2.32. The van der Waals surface area contributed by atoms with Crippen LogP contribution in [0.5, 0.6) is 11.5 Å². The average molecular weight is 729 g/mol. The number of carboxylic acid groups (broad SMARTS) is 1. The summed E-state index contributed by atoms with van der Waals surface area (Å²) in [6.07, 6.45) is 3.53. The highest BCUT2D eigenvalue weighted by molar-refractivity contribution is 6.32. The van der Waals surface area contributed by atoms with Crippen molar-refractivity contribution in [3.8, 4) is 39.8 Å². The Labute approximate surface area is 314 Å². The topological polar surface area (TPSA) is 137 Å². The number of nitrogens with zero attached hydrogens (tertiary/aromatic N) is 3. The van der Waals surface area contributed by atoms with Crippen molar-refractivity contribution in [2.45, 2.75) is 46.8 Å². The van der Waals surface area contributed by atoms with Gasteiger partial charge in [-0.05, 0) is 90.3 Å². The van der Waals surface area contributed by atoms with E-state index in [0.717, 1.165) is 57.9 Å². The van der Waals surface area contributed by atoms with Crippen LogP contribution in [0.1, 0.15) is 52.3 Å². The number of aryl methyl sites for hydroxylation is 1. The smallest absolute Gasteiger partial charge is 0.311 e. The predicted octanol–water partition coefficient (Wildman–Crippen LogP) is 8.08. The summed E-state index contributed by atoms with van der Waals surface area (Å²) in [7, 11) is 0. The highest BCUT2D eigenvalue weighted by Crippen LogP contribution is 2.38. The summed E-state index contributed by atoms with van der Waals surface area (Å²) in [5.74, 6) is 0.714. The van der Waals surface area contributed by atoms with Gasteiger partial charge in [0, 0.05) is 36.1 Å². The fraction of sp³-hybridized carbons (Fsp3) is 0.256. The van der Waals surface area contributed by atoms with Crippen LogP contribution in [0.4, 0.5) is 0 Å². The minimum absolute atomic E-state index is 0.114. The van der Waals surface area contributed by atoms with Crippen LogP contribution in [-0.2, 0) is 24.4 Å². The number of amidine groups is 1. The van der Waals surface area contributed by atoms with Crippen LogP contribution in [0.2, 0.25) is 5.02 Å². The van der Waals surface area contributed by atoms with Crippen LogP contribution in [0.3, 0.4) is 0 Å². The first-order valence-electron chi connectivity index (χ1n) is 17.4. The lowest BCUT2D eigenvalue weighted by Gasteiger charge is -2.23. The molecule has 4 aromatic carbocycles. The Hall–Kier alpha value is -5.69. The highest BCUT2D eigenvalue weighted by atomic mass is 35.5. The molecular weight excluding hydrogens is 688 g/mol. The van der Waals surface area contributed by atoms with Gasteiger partial charge < -0.3 is 25.0 Å². The number of hydrogen-bond acceptors (Lipinski definition) is 8. The van der Waals surface area contributed by atoms with Crippen molar-refractivity contribution in [1.82, 2.24) is 10.3 Å². The van der Waals surface area contributed by atoms with E-state index < -0.39 is 18.0 Å². The van der Waals surface area contributed by atoms with E-state index in [2.05, 4.69) is 83.7 Å². The zero-order chi connectivity index (χ0) is 37.5. The second-order valence-electron chi connectivity index (χ2n) is 13.5. The molecule has 0 aliphatic carbocycles. The number of carboxylic acids is 1. The first-order valence-corrected chi connectivity index (χ1v) is 17.8. The summed E-state index contributed by atoms with van der Waals surface area (Å²) in [4.78, 5) is 20.5. The van der Waals surface area contributed by atoms with Gasteiger partial charge in [-0.3, -0.25) is 14.8 Å². The average Bonchev–Trinajstić information content (AvgIpc) is 3.72. The molecule has 0 bridgehead atoms. The number of aliphatic imine (C=N–C) groups is 1. The molecule has 0 unspecified atom stereocenters. The fourth-order valence-corrected chi connectivity index (χ4v) is 6.64. The van der Waals surface area contributed by atoms with E-state index in [-0.39, 0.29) is 26.1 Å². The molecule has 10 heteroatoms. The van der Waals surface area contributed by atoms with Gasteiger partial charge >= 0.3 is 5.97 Å². The van der Waals surface area contributed by atoms with Gasteiger partial charge in [0.2, 0.25) is 0 Å². The largest absolute Gasteiger partial charge is 0.488 e. The molecule has 53 heavy (non-hydrogen) atoms. The zero-order valence-electron chi connectivity index (χ0n) is 29.9. The molecule has 0 saturated heterocycles. The molecule has 0 saturated carbocycles. The third-order valence-electron chi connectivity index (χ3n) is 9.84. The molecule has 1 aliphatic heterocycles. The molecule has 0 spiro atoms. The summed E-state index contributed by atoms with van der Waals surface area (Å²) < 4.78 is 12.6. The molecular formula is C43H41ClN4O5. The second-order valence-corrected chi connectivity index (χ2v) is 13.9. The van der Waals surface area contributed by atoms with E-state index in [1.807, 2.05) is 12.1 Å². The van der Waals surface area contributed by atoms with E-state index in [9.17, 15) is 20.3 Å². The van der Waals surface area contributed by atoms with Gasteiger partial charge in [0.15, 0.2) is 0 Å². The number of hydrogen-bond donors (Lipinski definition) is 3. The number of pyridine rings is 1. The Balaban J connectivity index is 1.24. The summed E-state index contributed by atoms with van der Waals surface area (Å²) in [5, 5.41) is 32.5. The van der Waals surface area contributed by atoms with Gasteiger partial charge in [-0.1, -0.05) is 72.3 Å². The van der Waals surface area contributed by atoms with Crippen LogP contribution in [0.15, 0.2) is 96.2 Å². The molecule has 0 radical (unpaired) electrons. The van der Waals surface area contributed by atoms with Gasteiger partial charge in [-0.25, -0.2) is 0 Å². The number of aliphatic hydroxyl groups is 1. The number of aliphatic hydroxyl groups excluding tert-OH is 1. The van der Waals surface area contributed by atoms with Crippen molar-refractivity contribution in [3.05, 3.63) is 135 Å². The molecule has 0 amide bonds. The lowest BCUT2D eigenvalue weighted by atomic mass is 9.85. The number of rotatable bonds is 14. The number of halogens is 1. The van der Waals surface area contributed by atoms with Crippen molar-refractivity contribution in [2.75, 3.05) is 19.7 Å². The fourth-order valence-electron chi connectivity index (χ4n) is 6.40. The number of carbonyl (C=O) groups is 1. The highest BCUT2D eigenvalue weighted by Gasteiger charge is 2.32. The Morgan fingerprint density at radius 3 is 2.30 bits per heavy atom. The van der Waals surface area contributed by atoms with Crippen LogP contribution in [0, 0.1) is 30.6 Å². The van der Waals surface area contributed by atoms with Gasteiger partial charge in [-0.2, -0.15) is 5.26 Å². The molecule has 6 rings (SSSR count). The Bertz CT molecular complexity index is 2210. The van der Waals surface area contributed by atoms with Gasteiger partial charge in [0.05, 0.1) is 29.2 Å². The van der Waals surface area contributed by atoms with Crippen molar-refractivity contribution in [2.24, 2.45) is 10.4 Å². The molecule has 270 valence electrons. The van der Waals surface area contributed by atoms with E-state index in [1.54, 1.807) is 24.4 Å². The summed E-state index contributed by atoms with van der Waals surface area (Å²) >= 11 is 6.78. The SMILES string of the molecule is Cc1c(COc2cc(OCc3cncc(C#N)c3)c(CC[C@@](C)(CO)C(=O)O)cc2Cl)cccc1-c1cccc(-c2ccc(C3=NCCN3)cc2)c1C. The summed E-state index contributed by atoms with van der Waals surface area (Å²) in [6, 6.07) is 28.3. The Morgan fingerprint density at radius 1 is 0.906 bits per heavy atom. The molecule has 1 aromatic heterocycles. The maximum atomic E-state index is 11.9. The van der Waals surface area contributed by atoms with E-state index in [1.165, 1.54) is 18.7 Å². The lowest BCUT2D eigenvalue weighted by molar-refractivity contribution is -0.150. The monoisotopic (exact) mass is 728 g/mol. The minimum atomic E-state index is -1.34. The number of aliphatic carboxylic acids is 1. The van der Waals surface area contributed by atoms with Crippen molar-refractivity contribution in [3.63, 3.8) is 0 Å². The number of benzene rings is 4. The maximum absolute atomic E-state index is 11.9. The Kier molecular flexibility index (Phi) is 11.4. The van der Waals surface area contributed by atoms with Gasteiger partial charge in [0.25, 0.3) is 0 Å². The zero-order valence-corrected chi connectivity index (χ0v) is 30.7. The summed E-state index contributed by atoms with van der Waals surface area (Å²) in [6.45, 7) is 7.27. The van der Waals surface area contributed by atoms with Crippen LogP contribution in [-0.4, -0.2) is 46.7 Å². The molecule has 1 aliphatic rings. The molecule has 2 heterocycles. The molecule has 3 N–H and O–H groups in total. The summed E-state index contributed by atoms with van der Waals surface area (Å²) in [5.41, 5.74) is 9.31. The number of ether oxygens (including phenoxy) is 2. The molecule has 9 nitrogen and oxygen atoms in total. The van der Waals surface area contributed by atoms with Crippen LogP contribution >= 0.6 is 11.6 Å². The van der Waals surface area contributed by atoms with E-state index >= 15 is 0 Å². The predicted molar refractivity (Wildman–Crippen MR) is 206 cm³/mol. The molecule has 0 fully saturated rings. The number of nitriles is 1. The van der Waals surface area contributed by atoms with Crippen molar-refractivity contribution >= 4 is 23.4 Å². The van der Waals surface area contributed by atoms with E-state index in [4.69, 9.17) is 21.1 Å². The number of nitrogens with one attached hydrogen (secondary N) is 1.